The number of carbonyl (C=O) groups is 1. The molecular weight excluding hydrogens is 353 g/mol. The van der Waals surface area contributed by atoms with Crippen molar-refractivity contribution in [2.75, 3.05) is 45.8 Å². The van der Waals surface area contributed by atoms with E-state index in [4.69, 9.17) is 9.47 Å². The standard InChI is InChI=1S/C16H23F3N4O3/c1-25-8-7-23-5-3-11(4-6-23)21-15(24)22-12-10-20-14(16(17,18)19)9-13(12)26-2/h9-11H,3-8H2,1-2H3,(H2,21,22,24). The van der Waals surface area contributed by atoms with Gasteiger partial charge in [0.25, 0.3) is 0 Å². The number of amides is 2. The van der Waals surface area contributed by atoms with Crippen LogP contribution < -0.4 is 15.4 Å². The second-order valence-electron chi connectivity index (χ2n) is 5.97. The molecular formula is C16H23F3N4O3. The lowest BCUT2D eigenvalue weighted by molar-refractivity contribution is -0.141. The summed E-state index contributed by atoms with van der Waals surface area (Å²) in [7, 11) is 2.89. The van der Waals surface area contributed by atoms with Crippen LogP contribution in [0.4, 0.5) is 23.7 Å². The van der Waals surface area contributed by atoms with Crippen LogP contribution in [0.3, 0.4) is 0 Å². The van der Waals surface area contributed by atoms with Gasteiger partial charge in [0.15, 0.2) is 0 Å². The number of hydrogen-bond acceptors (Lipinski definition) is 5. The average molecular weight is 376 g/mol. The molecule has 0 bridgehead atoms. The van der Waals surface area contributed by atoms with Crippen molar-refractivity contribution in [3.05, 3.63) is 18.0 Å². The van der Waals surface area contributed by atoms with Crippen LogP contribution in [0.1, 0.15) is 18.5 Å². The van der Waals surface area contributed by atoms with Crippen molar-refractivity contribution in [3.8, 4) is 5.75 Å². The van der Waals surface area contributed by atoms with Crippen molar-refractivity contribution in [2.45, 2.75) is 25.1 Å². The van der Waals surface area contributed by atoms with E-state index in [-0.39, 0.29) is 17.5 Å². The highest BCUT2D eigenvalue weighted by Crippen LogP contribution is 2.33. The summed E-state index contributed by atoms with van der Waals surface area (Å²) in [6.07, 6.45) is -2.06. The molecule has 1 aromatic heterocycles. The van der Waals surface area contributed by atoms with Crippen LogP contribution >= 0.6 is 0 Å². The Kier molecular flexibility index (Phi) is 7.04. The highest BCUT2D eigenvalue weighted by molar-refractivity contribution is 5.90. The Balaban J connectivity index is 1.88. The molecule has 1 fully saturated rings. The molecule has 26 heavy (non-hydrogen) atoms. The van der Waals surface area contributed by atoms with Gasteiger partial charge in [0.05, 0.1) is 19.9 Å². The third-order valence-electron chi connectivity index (χ3n) is 4.16. The first-order valence-electron chi connectivity index (χ1n) is 8.23. The number of likely N-dealkylation sites (tertiary alicyclic amines) is 1. The average Bonchev–Trinajstić information content (AvgIpc) is 2.60. The van der Waals surface area contributed by atoms with Crippen molar-refractivity contribution >= 4 is 11.7 Å². The zero-order valence-electron chi connectivity index (χ0n) is 14.7. The van der Waals surface area contributed by atoms with Gasteiger partial charge in [-0.3, -0.25) is 0 Å². The number of anilines is 1. The minimum Gasteiger partial charge on any atom is -0.494 e. The quantitative estimate of drug-likeness (QED) is 0.797. The van der Waals surface area contributed by atoms with Crippen molar-refractivity contribution in [2.24, 2.45) is 0 Å². The summed E-state index contributed by atoms with van der Waals surface area (Å²) in [6.45, 7) is 3.21. The second kappa shape index (κ2) is 9.04. The summed E-state index contributed by atoms with van der Waals surface area (Å²) in [5.41, 5.74) is -1.00. The monoisotopic (exact) mass is 376 g/mol. The van der Waals surface area contributed by atoms with Gasteiger partial charge in [-0.2, -0.15) is 13.2 Å². The fourth-order valence-corrected chi connectivity index (χ4v) is 2.72. The van der Waals surface area contributed by atoms with Crippen molar-refractivity contribution < 1.29 is 27.4 Å². The van der Waals surface area contributed by atoms with E-state index in [0.29, 0.717) is 6.61 Å². The minimum absolute atomic E-state index is 0.00203. The van der Waals surface area contributed by atoms with Gasteiger partial charge in [0.2, 0.25) is 0 Å². The van der Waals surface area contributed by atoms with Gasteiger partial charge in [0.1, 0.15) is 17.1 Å². The lowest BCUT2D eigenvalue weighted by Crippen LogP contribution is -2.46. The number of carbonyl (C=O) groups excluding carboxylic acids is 1. The molecule has 2 rings (SSSR count). The number of methoxy groups -OCH3 is 2. The first kappa shape index (κ1) is 20.2. The lowest BCUT2D eigenvalue weighted by atomic mass is 10.1. The normalized spacial score (nSPS) is 16.3. The van der Waals surface area contributed by atoms with Crippen LogP contribution in [0.25, 0.3) is 0 Å². The summed E-state index contributed by atoms with van der Waals surface area (Å²) < 4.78 is 48.0. The van der Waals surface area contributed by atoms with Gasteiger partial charge < -0.3 is 25.0 Å². The van der Waals surface area contributed by atoms with Gasteiger partial charge in [-0.25, -0.2) is 9.78 Å². The lowest BCUT2D eigenvalue weighted by Gasteiger charge is -2.32. The maximum atomic E-state index is 12.7. The molecule has 2 amide bonds. The van der Waals surface area contributed by atoms with Crippen molar-refractivity contribution in [3.63, 3.8) is 0 Å². The number of halogens is 3. The molecule has 1 aliphatic heterocycles. The van der Waals surface area contributed by atoms with Crippen LogP contribution in [0.2, 0.25) is 0 Å². The third kappa shape index (κ3) is 5.73. The molecule has 0 aliphatic carbocycles. The number of nitrogens with zero attached hydrogens (tertiary/aromatic N) is 2. The van der Waals surface area contributed by atoms with Crippen LogP contribution in [0.5, 0.6) is 5.75 Å². The number of piperidine rings is 1. The topological polar surface area (TPSA) is 75.7 Å². The number of aromatic nitrogens is 1. The van der Waals surface area contributed by atoms with Gasteiger partial charge in [0, 0.05) is 38.9 Å². The van der Waals surface area contributed by atoms with E-state index in [1.54, 1.807) is 7.11 Å². The molecule has 0 atom stereocenters. The highest BCUT2D eigenvalue weighted by Gasteiger charge is 2.33. The number of rotatable bonds is 6. The van der Waals surface area contributed by atoms with Gasteiger partial charge in [-0.05, 0) is 12.8 Å². The SMILES string of the molecule is COCCN1CCC(NC(=O)Nc2cnc(C(F)(F)F)cc2OC)CC1. The number of pyridine rings is 1. The van der Waals surface area contributed by atoms with E-state index < -0.39 is 17.9 Å². The molecule has 0 spiro atoms. The smallest absolute Gasteiger partial charge is 0.433 e. The third-order valence-corrected chi connectivity index (χ3v) is 4.16. The minimum atomic E-state index is -4.58. The largest absolute Gasteiger partial charge is 0.494 e. The Hall–Kier alpha value is -2.07. The molecule has 146 valence electrons. The molecule has 10 heteroatoms. The summed E-state index contributed by atoms with van der Waals surface area (Å²) in [4.78, 5) is 17.7. The van der Waals surface area contributed by atoms with E-state index in [2.05, 4.69) is 20.5 Å². The molecule has 0 unspecified atom stereocenters. The molecule has 2 N–H and O–H groups in total. The zero-order valence-corrected chi connectivity index (χ0v) is 14.7. The van der Waals surface area contributed by atoms with Gasteiger partial charge in [-0.15, -0.1) is 0 Å². The Morgan fingerprint density at radius 1 is 1.35 bits per heavy atom. The number of ether oxygens (including phenoxy) is 2. The number of urea groups is 1. The van der Waals surface area contributed by atoms with Crippen LogP contribution in [-0.2, 0) is 10.9 Å². The maximum Gasteiger partial charge on any atom is 0.433 e. The van der Waals surface area contributed by atoms with E-state index in [1.165, 1.54) is 7.11 Å². The predicted octanol–water partition coefficient (Wildman–Crippen LogP) is 2.34. The molecule has 0 aromatic carbocycles. The number of nitrogens with one attached hydrogen (secondary N) is 2. The van der Waals surface area contributed by atoms with E-state index in [0.717, 1.165) is 44.7 Å². The first-order valence-corrected chi connectivity index (χ1v) is 8.23. The summed E-state index contributed by atoms with van der Waals surface area (Å²) in [5.74, 6) is -0.100. The molecule has 1 saturated heterocycles. The molecule has 0 saturated carbocycles. The highest BCUT2D eigenvalue weighted by atomic mass is 19.4. The van der Waals surface area contributed by atoms with Gasteiger partial charge >= 0.3 is 12.2 Å². The van der Waals surface area contributed by atoms with E-state index in [9.17, 15) is 18.0 Å². The van der Waals surface area contributed by atoms with Gasteiger partial charge in [-0.1, -0.05) is 0 Å². The Bertz CT molecular complexity index is 605. The van der Waals surface area contributed by atoms with E-state index in [1.807, 2.05) is 0 Å². The Morgan fingerprint density at radius 3 is 2.62 bits per heavy atom. The molecule has 0 radical (unpaired) electrons. The van der Waals surface area contributed by atoms with Crippen LogP contribution in [0, 0.1) is 0 Å². The first-order chi connectivity index (χ1) is 12.3. The summed E-state index contributed by atoms with van der Waals surface area (Å²) in [5, 5.41) is 5.32. The van der Waals surface area contributed by atoms with Crippen LogP contribution in [-0.4, -0.2) is 62.4 Å². The fourth-order valence-electron chi connectivity index (χ4n) is 2.72. The van der Waals surface area contributed by atoms with Crippen molar-refractivity contribution in [1.29, 1.82) is 0 Å². The fraction of sp³-hybridized carbons (Fsp3) is 0.625. The summed E-state index contributed by atoms with van der Waals surface area (Å²) in [6, 6.07) is 0.256. The number of alkyl halides is 3. The molecule has 2 heterocycles. The zero-order chi connectivity index (χ0) is 19.2. The Morgan fingerprint density at radius 2 is 2.04 bits per heavy atom. The molecule has 1 aliphatic rings. The Labute approximate surface area is 149 Å². The maximum absolute atomic E-state index is 12.7. The molecule has 7 nitrogen and oxygen atoms in total. The van der Waals surface area contributed by atoms with E-state index >= 15 is 0 Å². The number of hydrogen-bond donors (Lipinski definition) is 2. The summed E-state index contributed by atoms with van der Waals surface area (Å²) >= 11 is 0. The molecule has 1 aromatic rings. The predicted molar refractivity (Wildman–Crippen MR) is 89.3 cm³/mol. The van der Waals surface area contributed by atoms with Crippen LogP contribution in [0.15, 0.2) is 12.3 Å². The van der Waals surface area contributed by atoms with Crippen molar-refractivity contribution in [1.82, 2.24) is 15.2 Å². The second-order valence-corrected chi connectivity index (χ2v) is 5.97.